The van der Waals surface area contributed by atoms with E-state index in [0.717, 1.165) is 32.7 Å². The van der Waals surface area contributed by atoms with E-state index in [1.54, 1.807) is 13.8 Å². The lowest BCUT2D eigenvalue weighted by atomic mass is 9.83. The zero-order chi connectivity index (χ0) is 42.9. The number of halogens is 1. The summed E-state index contributed by atoms with van der Waals surface area (Å²) in [5, 5.41) is 24.2. The fourth-order valence-corrected chi connectivity index (χ4v) is 7.64. The third kappa shape index (κ3) is 7.92. The van der Waals surface area contributed by atoms with Crippen LogP contribution < -0.4 is 5.32 Å². The summed E-state index contributed by atoms with van der Waals surface area (Å²) < 4.78 is 12.0. The van der Waals surface area contributed by atoms with Gasteiger partial charge in [0.25, 0.3) is 0 Å². The van der Waals surface area contributed by atoms with Crippen LogP contribution in [-0.4, -0.2) is 75.7 Å². The second kappa shape index (κ2) is 17.4. The van der Waals surface area contributed by atoms with Crippen molar-refractivity contribution in [2.45, 2.75) is 54.6 Å². The summed E-state index contributed by atoms with van der Waals surface area (Å²) in [4.78, 5) is 74.1. The number of carbonyl (C=O) groups is 6. The van der Waals surface area contributed by atoms with Gasteiger partial charge in [-0.1, -0.05) is 48.5 Å². The number of furan rings is 2. The van der Waals surface area contributed by atoms with Crippen molar-refractivity contribution < 1.29 is 47.8 Å². The molecule has 0 spiro atoms. The van der Waals surface area contributed by atoms with Gasteiger partial charge < -0.3 is 29.3 Å². The Morgan fingerprint density at radius 2 is 1.07 bits per heavy atom. The minimum atomic E-state index is -0.592. The number of nitrogens with zero attached hydrogens (tertiary/aromatic N) is 1. The first-order valence-electron chi connectivity index (χ1n) is 18.9. The van der Waals surface area contributed by atoms with E-state index < -0.39 is 23.1 Å². The molecule has 2 heterocycles. The smallest absolute Gasteiger partial charge is 0.237 e. The number of Topliss-reactive ketones (excluding diaryl/α,β-unsaturated/α-hetero) is 4. The zero-order valence-electron chi connectivity index (χ0n) is 33.5. The van der Waals surface area contributed by atoms with E-state index in [1.165, 1.54) is 18.7 Å². The van der Waals surface area contributed by atoms with Gasteiger partial charge in [-0.2, -0.15) is 0 Å². The van der Waals surface area contributed by atoms with Gasteiger partial charge in [0.05, 0.1) is 37.4 Å². The highest BCUT2D eigenvalue weighted by molar-refractivity contribution is 6.62. The number of carbonyl (C=O) groups excluding carboxylic acids is 6. The number of fused-ring (bicyclic) bond motifs is 10. The minimum Gasteiger partial charge on any atom is -0.459 e. The average molecular weight is 819 g/mol. The molecule has 2 aliphatic carbocycles. The monoisotopic (exact) mass is 818 g/mol. The van der Waals surface area contributed by atoms with Crippen LogP contribution in [0, 0.1) is 27.7 Å². The Morgan fingerprint density at radius 3 is 1.51 bits per heavy atom. The number of aryl methyl sites for hydroxylation is 2. The number of nitrogens with one attached hydrogen (secondary N) is 1. The molecule has 0 bridgehead atoms. The molecular weight excluding hydrogens is 776 g/mol. The lowest BCUT2D eigenvalue weighted by molar-refractivity contribution is -0.130. The number of benzene rings is 4. The summed E-state index contributed by atoms with van der Waals surface area (Å²) in [6, 6.07) is 19.0. The van der Waals surface area contributed by atoms with E-state index in [-0.39, 0.29) is 43.0 Å². The number of hydrogen-bond donors (Lipinski definition) is 3. The molecule has 3 N–H and O–H groups in total. The second-order valence-corrected chi connectivity index (χ2v) is 14.9. The van der Waals surface area contributed by atoms with Gasteiger partial charge >= 0.3 is 0 Å². The van der Waals surface area contributed by atoms with Gasteiger partial charge in [0.15, 0.2) is 0 Å². The van der Waals surface area contributed by atoms with Gasteiger partial charge in [-0.25, -0.2) is 0 Å². The van der Waals surface area contributed by atoms with E-state index in [2.05, 4.69) is 16.9 Å². The van der Waals surface area contributed by atoms with Gasteiger partial charge in [-0.05, 0) is 84.1 Å². The van der Waals surface area contributed by atoms with E-state index in [9.17, 15) is 33.9 Å². The molecule has 59 heavy (non-hydrogen) atoms. The van der Waals surface area contributed by atoms with Crippen LogP contribution in [0.15, 0.2) is 69.5 Å². The molecule has 0 saturated carbocycles. The van der Waals surface area contributed by atoms with Gasteiger partial charge in [0.1, 0.15) is 23.0 Å². The molecule has 8 rings (SSSR count). The highest BCUT2D eigenvalue weighted by Crippen LogP contribution is 2.43. The van der Waals surface area contributed by atoms with Crippen molar-refractivity contribution >= 4 is 67.4 Å². The first-order valence-corrected chi connectivity index (χ1v) is 19.3. The molecule has 6 aromatic rings. The summed E-state index contributed by atoms with van der Waals surface area (Å²) >= 11 is 4.64. The Balaban J connectivity index is 0.000000183. The van der Waals surface area contributed by atoms with Crippen LogP contribution in [0.5, 0.6) is 0 Å². The number of aliphatic hydroxyl groups is 2. The van der Waals surface area contributed by atoms with Crippen molar-refractivity contribution in [1.82, 2.24) is 10.2 Å². The topological polar surface area (TPSA) is 184 Å². The fourth-order valence-electron chi connectivity index (χ4n) is 7.64. The molecule has 0 atom stereocenters. The number of amides is 1. The molecule has 2 aromatic heterocycles. The van der Waals surface area contributed by atoms with Crippen molar-refractivity contribution in [3.05, 3.63) is 117 Å². The lowest BCUT2D eigenvalue weighted by Crippen LogP contribution is -2.31. The van der Waals surface area contributed by atoms with Crippen LogP contribution in [0.4, 0.5) is 0 Å². The Kier molecular flexibility index (Phi) is 12.6. The van der Waals surface area contributed by atoms with E-state index in [0.29, 0.717) is 75.1 Å². The molecule has 12 nitrogen and oxygen atoms in total. The van der Waals surface area contributed by atoms with Crippen LogP contribution in [0.2, 0.25) is 0 Å². The van der Waals surface area contributed by atoms with E-state index >= 15 is 0 Å². The molecule has 13 heteroatoms. The highest BCUT2D eigenvalue weighted by Gasteiger charge is 2.39. The number of ketones is 4. The van der Waals surface area contributed by atoms with Gasteiger partial charge in [0.2, 0.25) is 34.3 Å². The predicted octanol–water partition coefficient (Wildman–Crippen LogP) is 7.39. The first kappa shape index (κ1) is 42.6. The summed E-state index contributed by atoms with van der Waals surface area (Å²) in [7, 11) is 0. The summed E-state index contributed by atoms with van der Waals surface area (Å²) in [6.07, 6.45) is 0. The molecule has 0 unspecified atom stereocenters. The molecule has 4 aromatic carbocycles. The van der Waals surface area contributed by atoms with Crippen molar-refractivity contribution in [1.29, 1.82) is 0 Å². The van der Waals surface area contributed by atoms with Crippen LogP contribution in [0.25, 0.3) is 44.2 Å². The van der Waals surface area contributed by atoms with Crippen LogP contribution >= 0.6 is 11.6 Å². The zero-order valence-corrected chi connectivity index (χ0v) is 34.3. The third-order valence-corrected chi connectivity index (χ3v) is 10.6. The standard InChI is InChI=1S/C23H21NO5.C21H19NO4.C2H3ClO/c1-12-5-4-6-16-15(12)7-8-17-20(16)22(28)21(27)19-13(2)18(29-23(17)19)11-24(9-10-25)14(3)26;1-11-4-3-5-14-13(11)6-7-15-18(14)20(25)19(24)17-12(2)16(26-21(15)17)10-22-8-9-23;1-2(3)4/h4-8,25H,9-11H2,1-3H3;3-7,22-23H,8-10H2,1-2H3;1H3. The fraction of sp³-hybridized carbons (Fsp3) is 0.261. The summed E-state index contributed by atoms with van der Waals surface area (Å²) in [5.41, 5.74) is 5.97. The molecule has 304 valence electrons. The maximum Gasteiger partial charge on any atom is 0.237 e. The molecule has 0 fully saturated rings. The largest absolute Gasteiger partial charge is 0.459 e. The minimum absolute atomic E-state index is 0.0189. The maximum atomic E-state index is 13.0. The van der Waals surface area contributed by atoms with Crippen molar-refractivity contribution in [3.8, 4) is 22.6 Å². The first-order chi connectivity index (χ1) is 28.1. The Morgan fingerprint density at radius 1 is 0.627 bits per heavy atom. The Bertz CT molecular complexity index is 2720. The average Bonchev–Trinajstić information content (AvgIpc) is 3.71. The van der Waals surface area contributed by atoms with E-state index in [4.69, 9.17) is 13.9 Å². The summed E-state index contributed by atoms with van der Waals surface area (Å²) in [6.45, 7) is 11.1. The van der Waals surface area contributed by atoms with Crippen LogP contribution in [0.3, 0.4) is 0 Å². The molecule has 2 aliphatic rings. The molecular formula is C46H43ClN2O10. The maximum absolute atomic E-state index is 13.0. The van der Waals surface area contributed by atoms with Crippen molar-refractivity contribution in [2.75, 3.05) is 26.3 Å². The van der Waals surface area contributed by atoms with E-state index in [1.807, 2.05) is 74.5 Å². The quantitative estimate of drug-likeness (QED) is 0.0791. The Hall–Kier alpha value is -6.05. The highest BCUT2D eigenvalue weighted by atomic mass is 35.5. The van der Waals surface area contributed by atoms with Crippen molar-refractivity contribution in [3.63, 3.8) is 0 Å². The molecule has 0 saturated heterocycles. The molecule has 1 amide bonds. The third-order valence-electron chi connectivity index (χ3n) is 10.6. The number of rotatable bonds is 8. The van der Waals surface area contributed by atoms with Crippen LogP contribution in [-0.2, 0) is 22.7 Å². The number of hydrogen-bond acceptors (Lipinski definition) is 11. The lowest BCUT2D eigenvalue weighted by Gasteiger charge is -2.18. The van der Waals surface area contributed by atoms with Crippen molar-refractivity contribution in [2.24, 2.45) is 0 Å². The molecule has 0 aliphatic heterocycles. The van der Waals surface area contributed by atoms with Gasteiger partial charge in [-0.3, -0.25) is 28.8 Å². The normalized spacial score (nSPS) is 12.6. The van der Waals surface area contributed by atoms with Gasteiger partial charge in [0, 0.05) is 60.3 Å². The molecule has 0 radical (unpaired) electrons. The Labute approximate surface area is 344 Å². The predicted molar refractivity (Wildman–Crippen MR) is 223 cm³/mol. The number of aliphatic hydroxyl groups excluding tert-OH is 2. The summed E-state index contributed by atoms with van der Waals surface area (Å²) in [5.74, 6) is -0.461. The van der Waals surface area contributed by atoms with Gasteiger partial charge in [-0.15, -0.1) is 0 Å². The van der Waals surface area contributed by atoms with Crippen LogP contribution in [0.1, 0.15) is 89.1 Å². The SMILES string of the molecule is CC(=O)Cl.CC(=O)N(CCO)Cc1oc2c(c1C)C(=O)C(=O)c1c-2ccc2c(C)cccc12.Cc1c(CNCCO)oc2c1C(=O)C(=O)c1c-2ccc2c(C)cccc12. The second-order valence-electron chi connectivity index (χ2n) is 14.4.